The predicted molar refractivity (Wildman–Crippen MR) is 61.1 cm³/mol. The molecule has 16 heavy (non-hydrogen) atoms. The van der Waals surface area contributed by atoms with Crippen LogP contribution in [-0.2, 0) is 11.3 Å². The highest BCUT2D eigenvalue weighted by molar-refractivity contribution is 14.1. The van der Waals surface area contributed by atoms with Crippen molar-refractivity contribution in [3.05, 3.63) is 26.6 Å². The monoisotopic (exact) mass is 342 g/mol. The molecule has 1 aromatic heterocycles. The maximum atomic E-state index is 12.7. The second-order valence-electron chi connectivity index (χ2n) is 2.87. The van der Waals surface area contributed by atoms with E-state index in [0.29, 0.717) is 9.26 Å². The van der Waals surface area contributed by atoms with Crippen LogP contribution in [0.1, 0.15) is 28.0 Å². The molecule has 1 rings (SSSR count). The quantitative estimate of drug-likeness (QED) is 0.518. The number of esters is 1. The number of ether oxygens (including phenoxy) is 1. The van der Waals surface area contributed by atoms with Gasteiger partial charge in [-0.25, -0.2) is 18.6 Å². The van der Waals surface area contributed by atoms with Gasteiger partial charge in [0.25, 0.3) is 6.43 Å². The second kappa shape index (κ2) is 5.48. The number of rotatable bonds is 3. The maximum Gasteiger partial charge on any atom is 0.357 e. The third-order valence-electron chi connectivity index (χ3n) is 1.91. The lowest BCUT2D eigenvalue weighted by molar-refractivity contribution is 0.0581. The van der Waals surface area contributed by atoms with Crippen LogP contribution in [0.25, 0.3) is 0 Å². The van der Waals surface area contributed by atoms with E-state index in [1.54, 1.807) is 0 Å². The molecule has 0 aliphatic heterocycles. The summed E-state index contributed by atoms with van der Waals surface area (Å²) in [6.45, 7) is 0.0897. The molecule has 1 heterocycles. The van der Waals surface area contributed by atoms with Crippen molar-refractivity contribution < 1.29 is 18.3 Å². The lowest BCUT2D eigenvalue weighted by atomic mass is 10.1. The normalized spacial score (nSPS) is 10.6. The minimum absolute atomic E-state index is 0.0897. The van der Waals surface area contributed by atoms with Gasteiger partial charge in [0.1, 0.15) is 3.70 Å². The second-order valence-corrected chi connectivity index (χ2v) is 3.89. The first-order valence-corrected chi connectivity index (χ1v) is 5.35. The summed E-state index contributed by atoms with van der Waals surface area (Å²) in [4.78, 5) is 15.0. The third kappa shape index (κ3) is 2.64. The molecule has 0 aliphatic carbocycles. The number of nitrogens with two attached hydrogens (primary N) is 1. The van der Waals surface area contributed by atoms with Gasteiger partial charge in [-0.3, -0.25) is 0 Å². The molecular formula is C9H9F2IN2O2. The number of carbonyl (C=O) groups excluding carboxylic acids is 1. The summed E-state index contributed by atoms with van der Waals surface area (Å²) in [5.74, 6) is -0.878. The highest BCUT2D eigenvalue weighted by atomic mass is 127. The molecule has 0 spiro atoms. The van der Waals surface area contributed by atoms with Gasteiger partial charge in [0.15, 0.2) is 5.69 Å². The number of alkyl halides is 2. The first-order valence-electron chi connectivity index (χ1n) is 4.27. The third-order valence-corrected chi connectivity index (χ3v) is 2.85. The van der Waals surface area contributed by atoms with E-state index in [9.17, 15) is 13.6 Å². The van der Waals surface area contributed by atoms with Gasteiger partial charge in [-0.2, -0.15) is 0 Å². The minimum atomic E-state index is -2.79. The number of carbonyl (C=O) groups is 1. The Kier molecular flexibility index (Phi) is 4.54. The van der Waals surface area contributed by atoms with Crippen molar-refractivity contribution in [2.75, 3.05) is 7.11 Å². The van der Waals surface area contributed by atoms with Gasteiger partial charge in [0, 0.05) is 6.54 Å². The van der Waals surface area contributed by atoms with E-state index in [0.717, 1.165) is 7.11 Å². The van der Waals surface area contributed by atoms with Crippen molar-refractivity contribution in [2.24, 2.45) is 5.73 Å². The number of aromatic nitrogens is 1. The molecule has 0 radical (unpaired) electrons. The molecule has 0 saturated carbocycles. The van der Waals surface area contributed by atoms with Crippen molar-refractivity contribution >= 4 is 28.6 Å². The van der Waals surface area contributed by atoms with E-state index in [-0.39, 0.29) is 12.2 Å². The Balaban J connectivity index is 3.36. The number of halogens is 3. The highest BCUT2D eigenvalue weighted by Gasteiger charge is 2.22. The Morgan fingerprint density at radius 1 is 1.69 bits per heavy atom. The van der Waals surface area contributed by atoms with Gasteiger partial charge >= 0.3 is 5.97 Å². The molecule has 0 saturated heterocycles. The van der Waals surface area contributed by atoms with E-state index in [1.807, 2.05) is 22.6 Å². The lowest BCUT2D eigenvalue weighted by Crippen LogP contribution is -2.13. The molecule has 0 unspecified atom stereocenters. The molecule has 0 aromatic carbocycles. The van der Waals surface area contributed by atoms with E-state index in [1.165, 1.54) is 6.07 Å². The summed E-state index contributed by atoms with van der Waals surface area (Å²) >= 11 is 1.83. The van der Waals surface area contributed by atoms with Crippen LogP contribution in [0.2, 0.25) is 0 Å². The Morgan fingerprint density at radius 3 is 2.75 bits per heavy atom. The number of pyridine rings is 1. The van der Waals surface area contributed by atoms with Crippen LogP contribution in [0.15, 0.2) is 6.07 Å². The Labute approximate surface area is 104 Å². The van der Waals surface area contributed by atoms with Crippen LogP contribution in [0.5, 0.6) is 0 Å². The summed E-state index contributed by atoms with van der Waals surface area (Å²) in [7, 11) is 1.11. The summed E-state index contributed by atoms with van der Waals surface area (Å²) in [5.41, 5.74) is 5.03. The SMILES string of the molecule is COC(=O)c1nc(I)c(CN)cc1C(F)F. The average molecular weight is 342 g/mol. The largest absolute Gasteiger partial charge is 0.464 e. The molecule has 2 N–H and O–H groups in total. The fourth-order valence-corrected chi connectivity index (χ4v) is 1.74. The van der Waals surface area contributed by atoms with Crippen LogP contribution in [-0.4, -0.2) is 18.1 Å². The van der Waals surface area contributed by atoms with Gasteiger partial charge in [0.2, 0.25) is 0 Å². The smallest absolute Gasteiger partial charge is 0.357 e. The Hall–Kier alpha value is -0.830. The number of hydrogen-bond acceptors (Lipinski definition) is 4. The molecule has 0 fully saturated rings. The molecule has 0 bridgehead atoms. The molecule has 0 atom stereocenters. The van der Waals surface area contributed by atoms with Crippen LogP contribution in [0, 0.1) is 3.70 Å². The summed E-state index contributed by atoms with van der Waals surface area (Å²) in [6.07, 6.45) is -2.79. The van der Waals surface area contributed by atoms with Crippen molar-refractivity contribution in [1.29, 1.82) is 0 Å². The maximum absolute atomic E-state index is 12.7. The van der Waals surface area contributed by atoms with Gasteiger partial charge in [0.05, 0.1) is 12.7 Å². The highest BCUT2D eigenvalue weighted by Crippen LogP contribution is 2.25. The van der Waals surface area contributed by atoms with Crippen molar-refractivity contribution in [2.45, 2.75) is 13.0 Å². The van der Waals surface area contributed by atoms with Gasteiger partial charge in [-0.15, -0.1) is 0 Å². The van der Waals surface area contributed by atoms with E-state index in [2.05, 4.69) is 9.72 Å². The molecular weight excluding hydrogens is 333 g/mol. The standard InChI is InChI=1S/C9H9F2IN2O2/c1-16-9(15)6-5(7(10)11)2-4(3-13)8(12)14-6/h2,7H,3,13H2,1H3. The van der Waals surface area contributed by atoms with Gasteiger partial charge < -0.3 is 10.5 Å². The van der Waals surface area contributed by atoms with Crippen LogP contribution in [0.4, 0.5) is 8.78 Å². The Bertz CT molecular complexity index is 413. The molecule has 88 valence electrons. The van der Waals surface area contributed by atoms with Crippen LogP contribution in [0.3, 0.4) is 0 Å². The first kappa shape index (κ1) is 13.2. The molecule has 7 heteroatoms. The molecule has 1 aromatic rings. The number of nitrogens with zero attached hydrogens (tertiary/aromatic N) is 1. The molecule has 0 amide bonds. The van der Waals surface area contributed by atoms with Crippen molar-refractivity contribution in [1.82, 2.24) is 4.98 Å². The zero-order chi connectivity index (χ0) is 12.3. The van der Waals surface area contributed by atoms with E-state index < -0.39 is 18.0 Å². The predicted octanol–water partition coefficient (Wildman–Crippen LogP) is 1.87. The summed E-state index contributed by atoms with van der Waals surface area (Å²) in [6, 6.07) is 1.19. The van der Waals surface area contributed by atoms with Gasteiger partial charge in [-0.1, -0.05) is 0 Å². The zero-order valence-corrected chi connectivity index (χ0v) is 10.5. The van der Waals surface area contributed by atoms with Crippen LogP contribution < -0.4 is 5.73 Å². The summed E-state index contributed by atoms with van der Waals surface area (Å²) in [5, 5.41) is 0. The van der Waals surface area contributed by atoms with Crippen molar-refractivity contribution in [3.63, 3.8) is 0 Å². The molecule has 4 nitrogen and oxygen atoms in total. The number of hydrogen-bond donors (Lipinski definition) is 1. The average Bonchev–Trinajstić information content (AvgIpc) is 2.27. The van der Waals surface area contributed by atoms with Gasteiger partial charge in [-0.05, 0) is 34.2 Å². The Morgan fingerprint density at radius 2 is 2.31 bits per heavy atom. The molecule has 0 aliphatic rings. The van der Waals surface area contributed by atoms with Crippen molar-refractivity contribution in [3.8, 4) is 0 Å². The fourth-order valence-electron chi connectivity index (χ4n) is 1.12. The lowest BCUT2D eigenvalue weighted by Gasteiger charge is -2.09. The topological polar surface area (TPSA) is 65.2 Å². The fraction of sp³-hybridized carbons (Fsp3) is 0.333. The van der Waals surface area contributed by atoms with E-state index >= 15 is 0 Å². The zero-order valence-electron chi connectivity index (χ0n) is 8.34. The minimum Gasteiger partial charge on any atom is -0.464 e. The van der Waals surface area contributed by atoms with E-state index in [4.69, 9.17) is 5.73 Å². The summed E-state index contributed by atoms with van der Waals surface area (Å²) < 4.78 is 30.2. The number of methoxy groups -OCH3 is 1. The van der Waals surface area contributed by atoms with Crippen LogP contribution >= 0.6 is 22.6 Å². The first-order chi connectivity index (χ1) is 7.51.